The molecule has 0 amide bonds. The highest BCUT2D eigenvalue weighted by Gasteiger charge is 2.26. The van der Waals surface area contributed by atoms with Crippen molar-refractivity contribution in [2.75, 3.05) is 29.9 Å². The van der Waals surface area contributed by atoms with E-state index in [1.54, 1.807) is 0 Å². The lowest BCUT2D eigenvalue weighted by Gasteiger charge is -2.38. The van der Waals surface area contributed by atoms with Gasteiger partial charge in [0.25, 0.3) is 0 Å². The number of hydrogen-bond donors (Lipinski definition) is 1. The normalized spacial score (nSPS) is 19.7. The van der Waals surface area contributed by atoms with Crippen molar-refractivity contribution in [3.8, 4) is 0 Å². The van der Waals surface area contributed by atoms with Gasteiger partial charge in [0.05, 0.1) is 11.4 Å². The molecule has 1 saturated heterocycles. The summed E-state index contributed by atoms with van der Waals surface area (Å²) >= 11 is 3.58. The first-order chi connectivity index (χ1) is 9.16. The molecule has 0 atom stereocenters. The Balaban J connectivity index is 2.00. The van der Waals surface area contributed by atoms with E-state index in [9.17, 15) is 0 Å². The first-order valence-corrected chi connectivity index (χ1v) is 7.53. The SMILES string of the molecule is Cc1nc2c(cc1Br)N(C)C=CN2C1CCNCC1. The molecule has 0 aliphatic carbocycles. The second-order valence-corrected chi connectivity index (χ2v) is 6.05. The molecule has 0 aromatic carbocycles. The van der Waals surface area contributed by atoms with Crippen LogP contribution in [0.3, 0.4) is 0 Å². The minimum absolute atomic E-state index is 0.554. The lowest BCUT2D eigenvalue weighted by molar-refractivity contribution is 0.447. The van der Waals surface area contributed by atoms with E-state index in [-0.39, 0.29) is 0 Å². The van der Waals surface area contributed by atoms with Crippen LogP contribution in [-0.4, -0.2) is 31.2 Å². The third-order valence-corrected chi connectivity index (χ3v) is 4.69. The maximum absolute atomic E-state index is 4.79. The maximum Gasteiger partial charge on any atom is 0.157 e. The molecule has 0 unspecified atom stereocenters. The predicted molar refractivity (Wildman–Crippen MR) is 82.6 cm³/mol. The number of anilines is 2. The molecule has 1 fully saturated rings. The van der Waals surface area contributed by atoms with Crippen LogP contribution in [0.5, 0.6) is 0 Å². The van der Waals surface area contributed by atoms with Gasteiger partial charge in [-0.25, -0.2) is 4.98 Å². The molecule has 19 heavy (non-hydrogen) atoms. The van der Waals surface area contributed by atoms with Crippen molar-refractivity contribution in [1.29, 1.82) is 0 Å². The van der Waals surface area contributed by atoms with Crippen molar-refractivity contribution in [2.45, 2.75) is 25.8 Å². The van der Waals surface area contributed by atoms with Gasteiger partial charge in [0.15, 0.2) is 5.82 Å². The maximum atomic E-state index is 4.79. The van der Waals surface area contributed by atoms with Gasteiger partial charge < -0.3 is 15.1 Å². The van der Waals surface area contributed by atoms with Crippen molar-refractivity contribution >= 4 is 27.4 Å². The van der Waals surface area contributed by atoms with Gasteiger partial charge in [-0.2, -0.15) is 0 Å². The highest BCUT2D eigenvalue weighted by Crippen LogP contribution is 2.36. The Morgan fingerprint density at radius 1 is 1.32 bits per heavy atom. The van der Waals surface area contributed by atoms with Crippen LogP contribution in [0.2, 0.25) is 0 Å². The largest absolute Gasteiger partial charge is 0.347 e. The zero-order chi connectivity index (χ0) is 13.4. The molecule has 0 spiro atoms. The molecule has 0 radical (unpaired) electrons. The summed E-state index contributed by atoms with van der Waals surface area (Å²) in [6.45, 7) is 4.23. The Kier molecular flexibility index (Phi) is 3.50. The molecule has 0 bridgehead atoms. The number of halogens is 1. The van der Waals surface area contributed by atoms with E-state index in [0.29, 0.717) is 6.04 Å². The number of fused-ring (bicyclic) bond motifs is 1. The van der Waals surface area contributed by atoms with Gasteiger partial charge in [-0.15, -0.1) is 0 Å². The average molecular weight is 323 g/mol. The molecule has 1 aromatic rings. The Hall–Kier alpha value is -1.07. The fourth-order valence-corrected chi connectivity index (χ4v) is 3.02. The monoisotopic (exact) mass is 322 g/mol. The van der Waals surface area contributed by atoms with Crippen molar-refractivity contribution in [1.82, 2.24) is 10.3 Å². The zero-order valence-corrected chi connectivity index (χ0v) is 12.9. The third-order valence-electron chi connectivity index (χ3n) is 3.89. The fraction of sp³-hybridized carbons (Fsp3) is 0.500. The van der Waals surface area contributed by atoms with Crippen LogP contribution in [0.25, 0.3) is 0 Å². The number of pyridine rings is 1. The fourth-order valence-electron chi connectivity index (χ4n) is 2.71. The van der Waals surface area contributed by atoms with Gasteiger partial charge in [0.1, 0.15) is 0 Å². The Bertz CT molecular complexity index is 508. The summed E-state index contributed by atoms with van der Waals surface area (Å²) in [5.41, 5.74) is 2.21. The molecule has 0 saturated carbocycles. The smallest absolute Gasteiger partial charge is 0.157 e. The molecule has 4 nitrogen and oxygen atoms in total. The van der Waals surface area contributed by atoms with E-state index in [2.05, 4.69) is 56.6 Å². The minimum Gasteiger partial charge on any atom is -0.347 e. The van der Waals surface area contributed by atoms with E-state index >= 15 is 0 Å². The highest BCUT2D eigenvalue weighted by atomic mass is 79.9. The number of hydrogen-bond acceptors (Lipinski definition) is 4. The molecule has 3 heterocycles. The molecule has 1 aromatic heterocycles. The standard InChI is InChI=1S/C14H19BrN4/c1-10-12(15)9-13-14(17-10)19(8-7-18(13)2)11-3-5-16-6-4-11/h7-9,11,16H,3-6H2,1-2H3. The predicted octanol–water partition coefficient (Wildman–Crippen LogP) is 2.63. The highest BCUT2D eigenvalue weighted by molar-refractivity contribution is 9.10. The minimum atomic E-state index is 0.554. The van der Waals surface area contributed by atoms with Gasteiger partial charge in [-0.1, -0.05) is 0 Å². The second-order valence-electron chi connectivity index (χ2n) is 5.20. The molecule has 2 aliphatic rings. The second kappa shape index (κ2) is 5.13. The summed E-state index contributed by atoms with van der Waals surface area (Å²) in [6.07, 6.45) is 6.63. The molecule has 1 N–H and O–H groups in total. The number of rotatable bonds is 1. The van der Waals surface area contributed by atoms with Crippen molar-refractivity contribution < 1.29 is 0 Å². The number of nitrogens with zero attached hydrogens (tertiary/aromatic N) is 3. The van der Waals surface area contributed by atoms with Gasteiger partial charge in [-0.05, 0) is 54.9 Å². The van der Waals surface area contributed by atoms with Gasteiger partial charge in [0, 0.05) is 30.0 Å². The van der Waals surface area contributed by atoms with E-state index in [1.165, 1.54) is 18.5 Å². The number of aromatic nitrogens is 1. The van der Waals surface area contributed by atoms with Crippen LogP contribution >= 0.6 is 15.9 Å². The average Bonchev–Trinajstić information content (AvgIpc) is 2.42. The molecule has 3 rings (SSSR count). The first kappa shape index (κ1) is 12.9. The first-order valence-electron chi connectivity index (χ1n) is 6.74. The molecular formula is C14H19BrN4. The van der Waals surface area contributed by atoms with Crippen LogP contribution < -0.4 is 15.1 Å². The van der Waals surface area contributed by atoms with E-state index in [0.717, 1.165) is 29.1 Å². The Morgan fingerprint density at radius 3 is 2.79 bits per heavy atom. The van der Waals surface area contributed by atoms with Crippen LogP contribution in [0.4, 0.5) is 11.5 Å². The van der Waals surface area contributed by atoms with E-state index < -0.39 is 0 Å². The number of aryl methyl sites for hydroxylation is 1. The lowest BCUT2D eigenvalue weighted by Crippen LogP contribution is -2.42. The molecule has 5 heteroatoms. The lowest BCUT2D eigenvalue weighted by atomic mass is 10.0. The summed E-state index contributed by atoms with van der Waals surface area (Å²) in [7, 11) is 2.07. The Morgan fingerprint density at radius 2 is 2.05 bits per heavy atom. The van der Waals surface area contributed by atoms with Crippen molar-refractivity contribution in [3.63, 3.8) is 0 Å². The molecule has 102 valence electrons. The number of piperidine rings is 1. The van der Waals surface area contributed by atoms with Crippen LogP contribution in [0.15, 0.2) is 22.9 Å². The Labute approximate surface area is 122 Å². The van der Waals surface area contributed by atoms with E-state index in [4.69, 9.17) is 4.98 Å². The third kappa shape index (κ3) is 2.37. The summed E-state index contributed by atoms with van der Waals surface area (Å²) in [4.78, 5) is 9.26. The van der Waals surface area contributed by atoms with E-state index in [1.807, 2.05) is 6.92 Å². The van der Waals surface area contributed by atoms with Gasteiger partial charge in [0.2, 0.25) is 0 Å². The van der Waals surface area contributed by atoms with Gasteiger partial charge in [-0.3, -0.25) is 0 Å². The van der Waals surface area contributed by atoms with Crippen LogP contribution in [0.1, 0.15) is 18.5 Å². The van der Waals surface area contributed by atoms with Crippen LogP contribution in [-0.2, 0) is 0 Å². The summed E-state index contributed by atoms with van der Waals surface area (Å²) in [5, 5.41) is 3.42. The summed E-state index contributed by atoms with van der Waals surface area (Å²) in [5.74, 6) is 1.08. The quantitative estimate of drug-likeness (QED) is 0.861. The van der Waals surface area contributed by atoms with Gasteiger partial charge >= 0.3 is 0 Å². The van der Waals surface area contributed by atoms with Crippen LogP contribution in [0, 0.1) is 6.92 Å². The molecule has 2 aliphatic heterocycles. The zero-order valence-electron chi connectivity index (χ0n) is 11.4. The summed E-state index contributed by atoms with van der Waals surface area (Å²) in [6, 6.07) is 2.72. The molecular weight excluding hydrogens is 304 g/mol. The number of nitrogens with one attached hydrogen (secondary N) is 1. The summed E-state index contributed by atoms with van der Waals surface area (Å²) < 4.78 is 1.07. The van der Waals surface area contributed by atoms with Crippen molar-refractivity contribution in [3.05, 3.63) is 28.6 Å². The van der Waals surface area contributed by atoms with Crippen molar-refractivity contribution in [2.24, 2.45) is 0 Å². The topological polar surface area (TPSA) is 31.4 Å².